The summed E-state index contributed by atoms with van der Waals surface area (Å²) in [6.07, 6.45) is 4.78. The number of rotatable bonds is 2. The lowest BCUT2D eigenvalue weighted by Gasteiger charge is -2.06. The predicted octanol–water partition coefficient (Wildman–Crippen LogP) is 1.79. The van der Waals surface area contributed by atoms with Gasteiger partial charge in [-0.15, -0.1) is 11.6 Å². The van der Waals surface area contributed by atoms with Gasteiger partial charge >= 0.3 is 0 Å². The summed E-state index contributed by atoms with van der Waals surface area (Å²) in [5.74, 6) is -0.123. The molecule has 2 rings (SSSR count). The van der Waals surface area contributed by atoms with E-state index in [9.17, 15) is 4.79 Å². The molecule has 0 spiro atoms. The van der Waals surface area contributed by atoms with Crippen molar-refractivity contribution in [1.29, 1.82) is 0 Å². The van der Waals surface area contributed by atoms with Gasteiger partial charge in [0.05, 0.1) is 11.9 Å². The number of aromatic nitrogens is 1. The van der Waals surface area contributed by atoms with Crippen molar-refractivity contribution in [2.75, 3.05) is 5.32 Å². The van der Waals surface area contributed by atoms with Gasteiger partial charge in [-0.1, -0.05) is 0 Å². The Labute approximate surface area is 81.1 Å². The molecule has 13 heavy (non-hydrogen) atoms. The maximum atomic E-state index is 11.4. The summed E-state index contributed by atoms with van der Waals surface area (Å²) < 4.78 is 0. The van der Waals surface area contributed by atoms with Crippen LogP contribution in [0.2, 0.25) is 0 Å². The molecule has 1 heterocycles. The highest BCUT2D eigenvalue weighted by molar-refractivity contribution is 6.38. The Kier molecular flexibility index (Phi) is 1.96. The molecule has 1 N–H and O–H groups in total. The van der Waals surface area contributed by atoms with Crippen molar-refractivity contribution in [3.8, 4) is 0 Å². The summed E-state index contributed by atoms with van der Waals surface area (Å²) in [6, 6.07) is 3.55. The highest BCUT2D eigenvalue weighted by atomic mass is 35.5. The van der Waals surface area contributed by atoms with E-state index < -0.39 is 4.87 Å². The number of hydrogen-bond acceptors (Lipinski definition) is 2. The summed E-state index contributed by atoms with van der Waals surface area (Å²) in [7, 11) is 0. The van der Waals surface area contributed by atoms with E-state index >= 15 is 0 Å². The van der Waals surface area contributed by atoms with Gasteiger partial charge in [0.1, 0.15) is 4.87 Å². The van der Waals surface area contributed by atoms with Crippen molar-refractivity contribution in [2.24, 2.45) is 0 Å². The van der Waals surface area contributed by atoms with Crippen LogP contribution in [-0.4, -0.2) is 15.8 Å². The molecule has 1 fully saturated rings. The van der Waals surface area contributed by atoms with Crippen LogP contribution in [-0.2, 0) is 4.79 Å². The third kappa shape index (κ3) is 1.80. The Bertz CT molecular complexity index is 322. The molecule has 1 amide bonds. The van der Waals surface area contributed by atoms with E-state index in [1.54, 1.807) is 24.5 Å². The fourth-order valence-corrected chi connectivity index (χ4v) is 1.16. The van der Waals surface area contributed by atoms with Gasteiger partial charge < -0.3 is 5.32 Å². The number of hydrogen-bond donors (Lipinski definition) is 1. The van der Waals surface area contributed by atoms with Gasteiger partial charge in [0.15, 0.2) is 0 Å². The molecule has 0 saturated heterocycles. The standard InChI is InChI=1S/C9H9ClN2O/c10-9(3-4-9)8(13)12-7-2-1-5-11-6-7/h1-2,5-6H,3-4H2,(H,12,13). The van der Waals surface area contributed by atoms with Crippen LogP contribution in [0, 0.1) is 0 Å². The van der Waals surface area contributed by atoms with Crippen LogP contribution in [0.3, 0.4) is 0 Å². The van der Waals surface area contributed by atoms with Gasteiger partial charge in [0.25, 0.3) is 0 Å². The lowest BCUT2D eigenvalue weighted by Crippen LogP contribution is -2.24. The maximum absolute atomic E-state index is 11.4. The minimum Gasteiger partial charge on any atom is -0.323 e. The van der Waals surface area contributed by atoms with Crippen molar-refractivity contribution in [1.82, 2.24) is 4.98 Å². The topological polar surface area (TPSA) is 42.0 Å². The van der Waals surface area contributed by atoms with E-state index in [1.807, 2.05) is 0 Å². The van der Waals surface area contributed by atoms with Gasteiger partial charge in [0, 0.05) is 6.20 Å². The number of alkyl halides is 1. The first-order valence-corrected chi connectivity index (χ1v) is 4.49. The van der Waals surface area contributed by atoms with Crippen molar-refractivity contribution in [3.05, 3.63) is 24.5 Å². The van der Waals surface area contributed by atoms with Crippen LogP contribution in [0.1, 0.15) is 12.8 Å². The third-order valence-electron chi connectivity index (χ3n) is 2.02. The second kappa shape index (κ2) is 3.00. The molecular weight excluding hydrogens is 188 g/mol. The van der Waals surface area contributed by atoms with Gasteiger partial charge in [0.2, 0.25) is 5.91 Å². The van der Waals surface area contributed by atoms with E-state index in [2.05, 4.69) is 10.3 Å². The molecule has 4 heteroatoms. The van der Waals surface area contributed by atoms with E-state index in [-0.39, 0.29) is 5.91 Å². The molecule has 1 aliphatic rings. The van der Waals surface area contributed by atoms with Crippen molar-refractivity contribution in [2.45, 2.75) is 17.7 Å². The molecule has 0 aliphatic heterocycles. The average molecular weight is 197 g/mol. The molecule has 0 atom stereocenters. The molecule has 1 saturated carbocycles. The molecule has 3 nitrogen and oxygen atoms in total. The van der Waals surface area contributed by atoms with Crippen LogP contribution in [0.4, 0.5) is 5.69 Å². The quantitative estimate of drug-likeness (QED) is 0.733. The third-order valence-corrected chi connectivity index (χ3v) is 2.56. The maximum Gasteiger partial charge on any atom is 0.245 e. The first-order chi connectivity index (χ1) is 6.21. The van der Waals surface area contributed by atoms with E-state index in [4.69, 9.17) is 11.6 Å². The highest BCUT2D eigenvalue weighted by Crippen LogP contribution is 2.43. The smallest absolute Gasteiger partial charge is 0.245 e. The first kappa shape index (κ1) is 8.51. The van der Waals surface area contributed by atoms with Crippen molar-refractivity contribution >= 4 is 23.2 Å². The number of amides is 1. The number of nitrogens with zero attached hydrogens (tertiary/aromatic N) is 1. The van der Waals surface area contributed by atoms with E-state index in [0.717, 1.165) is 12.8 Å². The molecule has 68 valence electrons. The monoisotopic (exact) mass is 196 g/mol. The molecule has 1 aliphatic carbocycles. The Morgan fingerprint density at radius 3 is 2.92 bits per heavy atom. The molecule has 1 aromatic rings. The predicted molar refractivity (Wildman–Crippen MR) is 50.7 cm³/mol. The van der Waals surface area contributed by atoms with Crippen LogP contribution >= 0.6 is 11.6 Å². The molecule has 0 bridgehead atoms. The SMILES string of the molecule is O=C(Nc1cccnc1)C1(Cl)CC1. The van der Waals surface area contributed by atoms with Gasteiger partial charge in [-0.25, -0.2) is 0 Å². The normalized spacial score (nSPS) is 17.9. The highest BCUT2D eigenvalue weighted by Gasteiger charge is 2.48. The summed E-state index contributed by atoms with van der Waals surface area (Å²) in [5, 5.41) is 2.71. The average Bonchev–Trinajstić information content (AvgIpc) is 2.87. The Morgan fingerprint density at radius 2 is 2.38 bits per heavy atom. The zero-order valence-electron chi connectivity index (χ0n) is 6.96. The Balaban J connectivity index is 2.03. The fraction of sp³-hybridized carbons (Fsp3) is 0.333. The van der Waals surface area contributed by atoms with Crippen molar-refractivity contribution < 1.29 is 4.79 Å². The molecule has 1 aromatic heterocycles. The zero-order chi connectivity index (χ0) is 9.31. The summed E-state index contributed by atoms with van der Waals surface area (Å²) in [6.45, 7) is 0. The number of anilines is 1. The van der Waals surface area contributed by atoms with E-state index in [0.29, 0.717) is 5.69 Å². The van der Waals surface area contributed by atoms with Crippen LogP contribution in [0.25, 0.3) is 0 Å². The minimum atomic E-state index is -0.643. The Hall–Kier alpha value is -1.09. The second-order valence-electron chi connectivity index (χ2n) is 3.16. The molecule has 0 aromatic carbocycles. The first-order valence-electron chi connectivity index (χ1n) is 4.11. The molecule has 0 radical (unpaired) electrons. The largest absolute Gasteiger partial charge is 0.323 e. The molecule has 0 unspecified atom stereocenters. The van der Waals surface area contributed by atoms with Crippen LogP contribution < -0.4 is 5.32 Å². The van der Waals surface area contributed by atoms with Crippen LogP contribution in [0.15, 0.2) is 24.5 Å². The zero-order valence-corrected chi connectivity index (χ0v) is 7.71. The molecular formula is C9H9ClN2O. The summed E-state index contributed by atoms with van der Waals surface area (Å²) in [5.41, 5.74) is 0.694. The summed E-state index contributed by atoms with van der Waals surface area (Å²) in [4.78, 5) is 14.7. The number of carbonyl (C=O) groups is 1. The number of carbonyl (C=O) groups excluding carboxylic acids is 1. The minimum absolute atomic E-state index is 0.123. The second-order valence-corrected chi connectivity index (χ2v) is 3.88. The van der Waals surface area contributed by atoms with Crippen molar-refractivity contribution in [3.63, 3.8) is 0 Å². The van der Waals surface area contributed by atoms with Crippen LogP contribution in [0.5, 0.6) is 0 Å². The Morgan fingerprint density at radius 1 is 1.62 bits per heavy atom. The van der Waals surface area contributed by atoms with Gasteiger partial charge in [-0.05, 0) is 25.0 Å². The number of halogens is 1. The number of nitrogens with one attached hydrogen (secondary N) is 1. The lowest BCUT2D eigenvalue weighted by molar-refractivity contribution is -0.116. The van der Waals surface area contributed by atoms with Gasteiger partial charge in [-0.3, -0.25) is 9.78 Å². The lowest BCUT2D eigenvalue weighted by atomic mass is 10.3. The fourth-order valence-electron chi connectivity index (χ4n) is 1.02. The summed E-state index contributed by atoms with van der Waals surface area (Å²) >= 11 is 5.91. The van der Waals surface area contributed by atoms with E-state index in [1.165, 1.54) is 0 Å². The number of pyridine rings is 1. The van der Waals surface area contributed by atoms with Gasteiger partial charge in [-0.2, -0.15) is 0 Å².